The number of hydrogen-bond donors (Lipinski definition) is 2. The van der Waals surface area contributed by atoms with Gasteiger partial charge in [-0.1, -0.05) is 0 Å². The lowest BCUT2D eigenvalue weighted by Gasteiger charge is -2.39. The molecule has 1 saturated carbocycles. The fourth-order valence-corrected chi connectivity index (χ4v) is 4.80. The molecule has 7 heteroatoms. The zero-order valence-corrected chi connectivity index (χ0v) is 12.5. The normalized spacial score (nSPS) is 32.9. The van der Waals surface area contributed by atoms with Crippen molar-refractivity contribution in [3.05, 3.63) is 0 Å². The summed E-state index contributed by atoms with van der Waals surface area (Å²) in [5.41, 5.74) is 0. The lowest BCUT2D eigenvalue weighted by atomic mass is 9.99. The Labute approximate surface area is 120 Å². The Hall–Kier alpha value is -0.660. The lowest BCUT2D eigenvalue weighted by molar-refractivity contribution is -0.128. The molecule has 2 saturated heterocycles. The van der Waals surface area contributed by atoms with Gasteiger partial charge in [0, 0.05) is 19.1 Å². The average molecular weight is 301 g/mol. The molecule has 3 aliphatic rings. The molecule has 3 fully saturated rings. The summed E-state index contributed by atoms with van der Waals surface area (Å²) in [6.07, 6.45) is 5.28. The third-order valence-electron chi connectivity index (χ3n) is 4.44. The van der Waals surface area contributed by atoms with Gasteiger partial charge in [0.05, 0.1) is 11.3 Å². The van der Waals surface area contributed by atoms with E-state index in [0.717, 1.165) is 51.6 Å². The number of piperidine rings is 2. The van der Waals surface area contributed by atoms with Crippen LogP contribution in [0.4, 0.5) is 0 Å². The molecule has 3 rings (SSSR count). The van der Waals surface area contributed by atoms with Crippen LogP contribution in [0.15, 0.2) is 0 Å². The van der Waals surface area contributed by atoms with Crippen LogP contribution < -0.4 is 10.0 Å². The first-order valence-corrected chi connectivity index (χ1v) is 9.14. The number of nitrogens with one attached hydrogen (secondary N) is 2. The first kappa shape index (κ1) is 14.3. The highest BCUT2D eigenvalue weighted by molar-refractivity contribution is 7.90. The van der Waals surface area contributed by atoms with E-state index in [1.54, 1.807) is 0 Å². The zero-order valence-electron chi connectivity index (χ0n) is 11.7. The van der Waals surface area contributed by atoms with Crippen molar-refractivity contribution in [2.45, 2.75) is 55.9 Å². The third-order valence-corrected chi connectivity index (χ3v) is 6.45. The molecule has 1 amide bonds. The summed E-state index contributed by atoms with van der Waals surface area (Å²) in [4.78, 5) is 14.1. The van der Waals surface area contributed by atoms with Gasteiger partial charge in [-0.15, -0.1) is 0 Å². The Morgan fingerprint density at radius 2 is 1.95 bits per heavy atom. The van der Waals surface area contributed by atoms with Crippen molar-refractivity contribution < 1.29 is 13.2 Å². The maximum atomic E-state index is 12.0. The van der Waals surface area contributed by atoms with Gasteiger partial charge in [0.2, 0.25) is 15.9 Å². The maximum absolute atomic E-state index is 12.0. The number of carbonyl (C=O) groups excluding carboxylic acids is 1. The van der Waals surface area contributed by atoms with E-state index in [1.807, 2.05) is 0 Å². The van der Waals surface area contributed by atoms with Crippen LogP contribution in [0.25, 0.3) is 0 Å². The van der Waals surface area contributed by atoms with Gasteiger partial charge in [-0.25, -0.2) is 13.1 Å². The predicted octanol–water partition coefficient (Wildman–Crippen LogP) is -0.189. The van der Waals surface area contributed by atoms with Gasteiger partial charge in [-0.05, 0) is 45.1 Å². The highest BCUT2D eigenvalue weighted by Gasteiger charge is 2.39. The quantitative estimate of drug-likeness (QED) is 0.754. The maximum Gasteiger partial charge on any atom is 0.237 e. The van der Waals surface area contributed by atoms with Crippen LogP contribution in [-0.2, 0) is 14.8 Å². The van der Waals surface area contributed by atoms with Crippen LogP contribution in [-0.4, -0.2) is 56.2 Å². The summed E-state index contributed by atoms with van der Waals surface area (Å²) >= 11 is 0. The molecule has 114 valence electrons. The molecule has 0 aromatic heterocycles. The first-order chi connectivity index (χ1) is 9.56. The van der Waals surface area contributed by atoms with Crippen molar-refractivity contribution in [3.63, 3.8) is 0 Å². The van der Waals surface area contributed by atoms with E-state index in [2.05, 4.69) is 14.9 Å². The molecule has 0 aromatic carbocycles. The number of nitrogens with zero attached hydrogens (tertiary/aromatic N) is 1. The minimum Gasteiger partial charge on any atom is -0.355 e. The number of rotatable bonds is 4. The predicted molar refractivity (Wildman–Crippen MR) is 75.7 cm³/mol. The smallest absolute Gasteiger partial charge is 0.237 e. The van der Waals surface area contributed by atoms with Gasteiger partial charge >= 0.3 is 0 Å². The average Bonchev–Trinajstić information content (AvgIpc) is 3.23. The molecule has 1 aliphatic carbocycles. The van der Waals surface area contributed by atoms with Crippen LogP contribution in [0.2, 0.25) is 0 Å². The van der Waals surface area contributed by atoms with Crippen LogP contribution >= 0.6 is 0 Å². The first-order valence-electron chi connectivity index (χ1n) is 7.59. The van der Waals surface area contributed by atoms with Crippen molar-refractivity contribution >= 4 is 15.9 Å². The molecule has 0 spiro atoms. The molecule has 2 N–H and O–H groups in total. The van der Waals surface area contributed by atoms with Gasteiger partial charge in [0.25, 0.3) is 0 Å². The van der Waals surface area contributed by atoms with E-state index in [-0.39, 0.29) is 23.2 Å². The molecule has 0 bridgehead atoms. The highest BCUT2D eigenvalue weighted by atomic mass is 32.2. The van der Waals surface area contributed by atoms with E-state index in [1.165, 1.54) is 0 Å². The fraction of sp³-hybridized carbons (Fsp3) is 0.923. The Bertz CT molecular complexity index is 475. The second kappa shape index (κ2) is 5.61. The molecule has 20 heavy (non-hydrogen) atoms. The van der Waals surface area contributed by atoms with Crippen LogP contribution in [0, 0.1) is 0 Å². The fourth-order valence-electron chi connectivity index (χ4n) is 3.20. The van der Waals surface area contributed by atoms with Gasteiger partial charge in [-0.3, -0.25) is 9.69 Å². The van der Waals surface area contributed by atoms with Crippen molar-refractivity contribution in [3.8, 4) is 0 Å². The number of amides is 1. The molecule has 2 unspecified atom stereocenters. The topological polar surface area (TPSA) is 78.5 Å². The van der Waals surface area contributed by atoms with E-state index < -0.39 is 10.0 Å². The van der Waals surface area contributed by atoms with Crippen LogP contribution in [0.3, 0.4) is 0 Å². The van der Waals surface area contributed by atoms with Gasteiger partial charge < -0.3 is 5.32 Å². The van der Waals surface area contributed by atoms with E-state index >= 15 is 0 Å². The van der Waals surface area contributed by atoms with E-state index in [4.69, 9.17) is 0 Å². The summed E-state index contributed by atoms with van der Waals surface area (Å²) in [7, 11) is -3.13. The summed E-state index contributed by atoms with van der Waals surface area (Å²) < 4.78 is 26.8. The molecule has 2 heterocycles. The van der Waals surface area contributed by atoms with E-state index in [9.17, 15) is 13.2 Å². The zero-order chi connectivity index (χ0) is 14.2. The third kappa shape index (κ3) is 3.15. The van der Waals surface area contributed by atoms with Gasteiger partial charge in [0.15, 0.2) is 0 Å². The van der Waals surface area contributed by atoms with Crippen LogP contribution in [0.1, 0.15) is 38.5 Å². The van der Waals surface area contributed by atoms with Crippen molar-refractivity contribution in [2.75, 3.05) is 19.6 Å². The van der Waals surface area contributed by atoms with Gasteiger partial charge in [0.1, 0.15) is 0 Å². The standard InChI is InChI=1S/C13H23N3O3S/c17-13-12(4-1-7-14-13)16-8-2-3-10(9-16)15-20(18,19)11-5-6-11/h10-12,15H,1-9H2,(H,14,17). The number of sulfonamides is 1. The molecule has 6 nitrogen and oxygen atoms in total. The summed E-state index contributed by atoms with van der Waals surface area (Å²) in [6.45, 7) is 2.31. The lowest BCUT2D eigenvalue weighted by Crippen LogP contribution is -2.56. The second-order valence-electron chi connectivity index (χ2n) is 6.15. The Morgan fingerprint density at radius 3 is 2.65 bits per heavy atom. The number of carbonyl (C=O) groups is 1. The summed E-state index contributed by atoms with van der Waals surface area (Å²) in [6, 6.07) is -0.110. The Balaban J connectivity index is 1.59. The summed E-state index contributed by atoms with van der Waals surface area (Å²) in [5.74, 6) is 0.0990. The van der Waals surface area contributed by atoms with Crippen molar-refractivity contribution in [1.82, 2.24) is 14.9 Å². The molecular formula is C13H23N3O3S. The summed E-state index contributed by atoms with van der Waals surface area (Å²) in [5, 5.41) is 2.73. The van der Waals surface area contributed by atoms with E-state index in [0.29, 0.717) is 6.54 Å². The number of likely N-dealkylation sites (tertiary alicyclic amines) is 1. The minimum absolute atomic E-state index is 0.0379. The molecule has 0 aromatic rings. The Morgan fingerprint density at radius 1 is 1.15 bits per heavy atom. The monoisotopic (exact) mass is 301 g/mol. The number of hydrogen-bond acceptors (Lipinski definition) is 4. The van der Waals surface area contributed by atoms with Crippen LogP contribution in [0.5, 0.6) is 0 Å². The second-order valence-corrected chi connectivity index (χ2v) is 8.14. The molecule has 2 atom stereocenters. The van der Waals surface area contributed by atoms with Crippen molar-refractivity contribution in [2.24, 2.45) is 0 Å². The highest BCUT2D eigenvalue weighted by Crippen LogP contribution is 2.28. The SMILES string of the molecule is O=C1NCCCC1N1CCCC(NS(=O)(=O)C2CC2)C1. The molecule has 0 radical (unpaired) electrons. The molecule has 2 aliphatic heterocycles. The van der Waals surface area contributed by atoms with Crippen molar-refractivity contribution in [1.29, 1.82) is 0 Å². The molecular weight excluding hydrogens is 278 g/mol. The van der Waals surface area contributed by atoms with Gasteiger partial charge in [-0.2, -0.15) is 0 Å². The largest absolute Gasteiger partial charge is 0.355 e. The minimum atomic E-state index is -3.13. The Kier molecular flexibility index (Phi) is 4.01.